The molecule has 1 aliphatic rings. The quantitative estimate of drug-likeness (QED) is 0.910. The monoisotopic (exact) mass is 294 g/mol. The van der Waals surface area contributed by atoms with Gasteiger partial charge < -0.3 is 10.1 Å². The highest BCUT2D eigenvalue weighted by atomic mass is 32.1. The van der Waals surface area contributed by atoms with E-state index in [1.165, 1.54) is 0 Å². The minimum absolute atomic E-state index is 0.0377. The third-order valence-corrected chi connectivity index (χ3v) is 4.17. The topological polar surface area (TPSA) is 58.9 Å². The molecule has 0 saturated carbocycles. The molecule has 108 valence electrons. The molecule has 0 radical (unpaired) electrons. The lowest BCUT2D eigenvalue weighted by molar-refractivity contribution is -0.123. The van der Waals surface area contributed by atoms with Crippen molar-refractivity contribution in [2.24, 2.45) is 0 Å². The first-order valence-corrected chi connectivity index (χ1v) is 7.62. The third-order valence-electron chi connectivity index (χ3n) is 3.40. The highest BCUT2D eigenvalue weighted by Gasteiger charge is 2.17. The van der Waals surface area contributed by atoms with Gasteiger partial charge in [0.15, 0.2) is 4.96 Å². The van der Waals surface area contributed by atoms with Crippen LogP contribution in [0.2, 0.25) is 0 Å². The molecule has 1 fully saturated rings. The van der Waals surface area contributed by atoms with E-state index in [0.29, 0.717) is 19.8 Å². The molecule has 0 aliphatic carbocycles. The average Bonchev–Trinajstić information content (AvgIpc) is 3.00. The highest BCUT2D eigenvalue weighted by Crippen LogP contribution is 2.16. The molecule has 2 aromatic heterocycles. The summed E-state index contributed by atoms with van der Waals surface area (Å²) in [5.41, 5.74) is 0.896. The second kappa shape index (κ2) is 5.90. The molecule has 1 N–H and O–H groups in total. The lowest BCUT2D eigenvalue weighted by Gasteiger charge is -2.26. The Hall–Kier alpha value is -1.44. The number of morpholine rings is 1. The number of imidazole rings is 1. The van der Waals surface area contributed by atoms with Gasteiger partial charge in [0.05, 0.1) is 31.5 Å². The van der Waals surface area contributed by atoms with Crippen LogP contribution in [0.25, 0.3) is 4.96 Å². The molecule has 1 amide bonds. The van der Waals surface area contributed by atoms with Gasteiger partial charge in [0.1, 0.15) is 0 Å². The second-order valence-electron chi connectivity index (χ2n) is 4.94. The third kappa shape index (κ3) is 3.00. The predicted molar refractivity (Wildman–Crippen MR) is 76.9 cm³/mol. The number of ether oxygens (including phenoxy) is 1. The molecule has 0 unspecified atom stereocenters. The summed E-state index contributed by atoms with van der Waals surface area (Å²) in [7, 11) is 0. The van der Waals surface area contributed by atoms with E-state index >= 15 is 0 Å². The van der Waals surface area contributed by atoms with Gasteiger partial charge in [0.25, 0.3) is 0 Å². The Labute approximate surface area is 121 Å². The Morgan fingerprint density at radius 1 is 1.55 bits per heavy atom. The molecule has 2 aromatic rings. The minimum Gasteiger partial charge on any atom is -0.379 e. The average molecular weight is 294 g/mol. The molecule has 3 heterocycles. The fourth-order valence-corrected chi connectivity index (χ4v) is 2.98. The number of nitrogens with one attached hydrogen (secondary N) is 1. The van der Waals surface area contributed by atoms with E-state index in [1.807, 2.05) is 29.1 Å². The van der Waals surface area contributed by atoms with Crippen molar-refractivity contribution in [2.75, 3.05) is 32.8 Å². The van der Waals surface area contributed by atoms with Gasteiger partial charge in [0.2, 0.25) is 5.91 Å². The van der Waals surface area contributed by atoms with Crippen molar-refractivity contribution in [3.8, 4) is 0 Å². The Balaban J connectivity index is 1.56. The van der Waals surface area contributed by atoms with E-state index in [0.717, 1.165) is 23.7 Å². The van der Waals surface area contributed by atoms with E-state index in [2.05, 4.69) is 15.2 Å². The number of hydrogen-bond acceptors (Lipinski definition) is 5. The van der Waals surface area contributed by atoms with Gasteiger partial charge >= 0.3 is 0 Å². The second-order valence-corrected chi connectivity index (χ2v) is 5.81. The molecule has 6 nitrogen and oxygen atoms in total. The van der Waals surface area contributed by atoms with Gasteiger partial charge in [-0.3, -0.25) is 14.1 Å². The van der Waals surface area contributed by atoms with Crippen molar-refractivity contribution >= 4 is 22.2 Å². The molecule has 20 heavy (non-hydrogen) atoms. The van der Waals surface area contributed by atoms with Gasteiger partial charge in [0, 0.05) is 30.9 Å². The lowest BCUT2D eigenvalue weighted by atomic mass is 10.2. The van der Waals surface area contributed by atoms with E-state index in [4.69, 9.17) is 4.74 Å². The maximum Gasteiger partial charge on any atom is 0.234 e. The van der Waals surface area contributed by atoms with E-state index in [-0.39, 0.29) is 11.9 Å². The number of rotatable bonds is 4. The number of amides is 1. The Bertz CT molecular complexity index is 559. The van der Waals surface area contributed by atoms with Gasteiger partial charge in [-0.2, -0.15) is 0 Å². The van der Waals surface area contributed by atoms with Crippen molar-refractivity contribution in [1.29, 1.82) is 0 Å². The van der Waals surface area contributed by atoms with Crippen LogP contribution < -0.4 is 5.32 Å². The Morgan fingerprint density at radius 3 is 3.10 bits per heavy atom. The Kier molecular flexibility index (Phi) is 4.00. The van der Waals surface area contributed by atoms with Crippen molar-refractivity contribution in [2.45, 2.75) is 13.0 Å². The molecule has 1 saturated heterocycles. The first kappa shape index (κ1) is 13.5. The summed E-state index contributed by atoms with van der Waals surface area (Å²) in [6.45, 7) is 5.45. The molecular formula is C13H18N4O2S. The number of hydrogen-bond donors (Lipinski definition) is 1. The number of fused-ring (bicyclic) bond motifs is 1. The fraction of sp³-hybridized carbons (Fsp3) is 0.538. The molecule has 1 aliphatic heterocycles. The zero-order valence-electron chi connectivity index (χ0n) is 11.4. The highest BCUT2D eigenvalue weighted by molar-refractivity contribution is 7.15. The van der Waals surface area contributed by atoms with Crippen molar-refractivity contribution < 1.29 is 9.53 Å². The number of aromatic nitrogens is 2. The predicted octanol–water partition coefficient (Wildman–Crippen LogP) is 0.905. The van der Waals surface area contributed by atoms with Crippen LogP contribution in [0.1, 0.15) is 18.7 Å². The van der Waals surface area contributed by atoms with Gasteiger partial charge in [-0.15, -0.1) is 11.3 Å². The SMILES string of the molecule is C[C@@H](NC(=O)CN1CCOCC1)c1cn2ccsc2n1. The molecule has 0 bridgehead atoms. The number of thiazole rings is 1. The molecular weight excluding hydrogens is 276 g/mol. The van der Waals surface area contributed by atoms with Crippen LogP contribution in [-0.4, -0.2) is 53.0 Å². The molecule has 7 heteroatoms. The van der Waals surface area contributed by atoms with Gasteiger partial charge in [-0.1, -0.05) is 0 Å². The zero-order chi connectivity index (χ0) is 13.9. The van der Waals surface area contributed by atoms with Crippen molar-refractivity contribution in [3.63, 3.8) is 0 Å². The Morgan fingerprint density at radius 2 is 2.35 bits per heavy atom. The molecule has 1 atom stereocenters. The standard InChI is InChI=1S/C13H18N4O2S/c1-10(11-8-17-4-7-20-13(17)15-11)14-12(18)9-16-2-5-19-6-3-16/h4,7-8,10H,2-3,5-6,9H2,1H3,(H,14,18)/t10-/m1/s1. The van der Waals surface area contributed by atoms with E-state index in [9.17, 15) is 4.79 Å². The molecule has 3 rings (SSSR count). The maximum atomic E-state index is 12.0. The van der Waals surface area contributed by atoms with Gasteiger partial charge in [-0.25, -0.2) is 4.98 Å². The van der Waals surface area contributed by atoms with Crippen molar-refractivity contribution in [3.05, 3.63) is 23.5 Å². The number of carbonyl (C=O) groups excluding carboxylic acids is 1. The number of nitrogens with zero attached hydrogens (tertiary/aromatic N) is 3. The summed E-state index contributed by atoms with van der Waals surface area (Å²) >= 11 is 1.59. The summed E-state index contributed by atoms with van der Waals surface area (Å²) in [4.78, 5) is 19.6. The zero-order valence-corrected chi connectivity index (χ0v) is 12.2. The summed E-state index contributed by atoms with van der Waals surface area (Å²) in [6, 6.07) is -0.0735. The summed E-state index contributed by atoms with van der Waals surface area (Å²) in [6.07, 6.45) is 3.93. The smallest absolute Gasteiger partial charge is 0.234 e. The maximum absolute atomic E-state index is 12.0. The van der Waals surface area contributed by atoms with Crippen LogP contribution in [0.5, 0.6) is 0 Å². The normalized spacial score (nSPS) is 18.2. The van der Waals surface area contributed by atoms with Crippen LogP contribution >= 0.6 is 11.3 Å². The van der Waals surface area contributed by atoms with E-state index < -0.39 is 0 Å². The van der Waals surface area contributed by atoms with E-state index in [1.54, 1.807) is 11.3 Å². The van der Waals surface area contributed by atoms with Crippen LogP contribution in [0.15, 0.2) is 17.8 Å². The largest absolute Gasteiger partial charge is 0.379 e. The first-order valence-electron chi connectivity index (χ1n) is 6.74. The minimum atomic E-state index is -0.0735. The summed E-state index contributed by atoms with van der Waals surface area (Å²) in [5, 5.41) is 5.00. The summed E-state index contributed by atoms with van der Waals surface area (Å²) < 4.78 is 7.25. The van der Waals surface area contributed by atoms with Crippen LogP contribution in [0, 0.1) is 0 Å². The van der Waals surface area contributed by atoms with Crippen molar-refractivity contribution in [1.82, 2.24) is 19.6 Å². The number of carbonyl (C=O) groups is 1. The molecule has 0 aromatic carbocycles. The fourth-order valence-electron chi connectivity index (χ4n) is 2.28. The van der Waals surface area contributed by atoms with Crippen LogP contribution in [0.4, 0.5) is 0 Å². The lowest BCUT2D eigenvalue weighted by Crippen LogP contribution is -2.43. The summed E-state index contributed by atoms with van der Waals surface area (Å²) in [5.74, 6) is 0.0377. The molecule has 0 spiro atoms. The van der Waals surface area contributed by atoms with Gasteiger partial charge in [-0.05, 0) is 6.92 Å². The van der Waals surface area contributed by atoms with Crippen LogP contribution in [-0.2, 0) is 9.53 Å². The van der Waals surface area contributed by atoms with Crippen LogP contribution in [0.3, 0.4) is 0 Å². The first-order chi connectivity index (χ1) is 9.72.